The number of thiocarbonyl (C=S) groups is 1. The van der Waals surface area contributed by atoms with E-state index >= 15 is 0 Å². The fourth-order valence-corrected chi connectivity index (χ4v) is 5.06. The van der Waals surface area contributed by atoms with E-state index in [1.54, 1.807) is 0 Å². The van der Waals surface area contributed by atoms with Gasteiger partial charge in [-0.3, -0.25) is 4.98 Å². The minimum Gasteiger partial charge on any atom is -0.351 e. The lowest BCUT2D eigenvalue weighted by molar-refractivity contribution is 0.565. The molecule has 160 valence electrons. The van der Waals surface area contributed by atoms with Crippen LogP contribution in [0.25, 0.3) is 5.69 Å². The first kappa shape index (κ1) is 20.5. The summed E-state index contributed by atoms with van der Waals surface area (Å²) < 4.78 is 2.33. The van der Waals surface area contributed by atoms with Crippen LogP contribution in [0.3, 0.4) is 0 Å². The fourth-order valence-electron chi connectivity index (χ4n) is 4.72. The van der Waals surface area contributed by atoms with Crippen molar-refractivity contribution in [2.45, 2.75) is 32.9 Å². The third kappa shape index (κ3) is 3.49. The van der Waals surface area contributed by atoms with Crippen LogP contribution in [0.15, 0.2) is 85.1 Å². The highest BCUT2D eigenvalue weighted by molar-refractivity contribution is 7.80. The molecule has 2 atom stereocenters. The lowest BCUT2D eigenvalue weighted by atomic mass is 9.96. The molecule has 4 aromatic rings. The molecule has 0 saturated carbocycles. The molecule has 0 radical (unpaired) electrons. The predicted molar refractivity (Wildman–Crippen MR) is 134 cm³/mol. The number of benzene rings is 2. The first-order chi connectivity index (χ1) is 15.5. The summed E-state index contributed by atoms with van der Waals surface area (Å²) in [5.74, 6) is 0. The summed E-state index contributed by atoms with van der Waals surface area (Å²) in [6, 6.07) is 27.3. The molecule has 5 rings (SSSR count). The average Bonchev–Trinajstić information content (AvgIpc) is 3.31. The van der Waals surface area contributed by atoms with Crippen molar-refractivity contribution in [3.05, 3.63) is 113 Å². The molecule has 0 unspecified atom stereocenters. The van der Waals surface area contributed by atoms with Gasteiger partial charge in [0.1, 0.15) is 0 Å². The van der Waals surface area contributed by atoms with Gasteiger partial charge in [0, 0.05) is 29.0 Å². The Morgan fingerprint density at radius 1 is 0.844 bits per heavy atom. The zero-order valence-electron chi connectivity index (χ0n) is 18.5. The van der Waals surface area contributed by atoms with Gasteiger partial charge in [-0.25, -0.2) is 0 Å². The van der Waals surface area contributed by atoms with Gasteiger partial charge in [-0.15, -0.1) is 0 Å². The number of anilines is 1. The van der Waals surface area contributed by atoms with Crippen molar-refractivity contribution in [1.29, 1.82) is 0 Å². The van der Waals surface area contributed by atoms with Crippen molar-refractivity contribution in [3.8, 4) is 5.69 Å². The van der Waals surface area contributed by atoms with E-state index in [1.165, 1.54) is 28.2 Å². The van der Waals surface area contributed by atoms with Crippen molar-refractivity contribution >= 4 is 23.0 Å². The number of hydrogen-bond acceptors (Lipinski definition) is 2. The highest BCUT2D eigenvalue weighted by Crippen LogP contribution is 2.43. The lowest BCUT2D eigenvalue weighted by Crippen LogP contribution is -2.29. The highest BCUT2D eigenvalue weighted by Gasteiger charge is 2.42. The number of nitrogens with one attached hydrogen (secondary N) is 1. The molecule has 1 aliphatic heterocycles. The van der Waals surface area contributed by atoms with Crippen LogP contribution in [0.1, 0.15) is 40.3 Å². The Kier molecular flexibility index (Phi) is 5.27. The Hall–Kier alpha value is -3.44. The second-order valence-corrected chi connectivity index (χ2v) is 8.72. The number of hydrogen-bond donors (Lipinski definition) is 1. The minimum absolute atomic E-state index is 0.00908. The van der Waals surface area contributed by atoms with Gasteiger partial charge in [-0.1, -0.05) is 42.0 Å². The van der Waals surface area contributed by atoms with Gasteiger partial charge < -0.3 is 14.8 Å². The minimum atomic E-state index is -0.0455. The molecule has 2 aromatic heterocycles. The van der Waals surface area contributed by atoms with Crippen LogP contribution in [0.5, 0.6) is 0 Å². The summed E-state index contributed by atoms with van der Waals surface area (Å²) in [6.45, 7) is 6.48. The lowest BCUT2D eigenvalue weighted by Gasteiger charge is -2.28. The molecule has 0 bridgehead atoms. The number of aromatic nitrogens is 2. The summed E-state index contributed by atoms with van der Waals surface area (Å²) >= 11 is 5.85. The molecule has 4 nitrogen and oxygen atoms in total. The van der Waals surface area contributed by atoms with Crippen molar-refractivity contribution in [2.24, 2.45) is 0 Å². The van der Waals surface area contributed by atoms with Gasteiger partial charge in [0.2, 0.25) is 0 Å². The highest BCUT2D eigenvalue weighted by atomic mass is 32.1. The fraction of sp³-hybridized carbons (Fsp3) is 0.185. The van der Waals surface area contributed by atoms with Gasteiger partial charge in [0.05, 0.1) is 17.8 Å². The third-order valence-corrected chi connectivity index (χ3v) is 6.53. The first-order valence-electron chi connectivity index (χ1n) is 10.9. The van der Waals surface area contributed by atoms with Crippen LogP contribution in [-0.4, -0.2) is 14.7 Å². The number of para-hydroxylation sites is 1. The number of rotatable bonds is 4. The summed E-state index contributed by atoms with van der Waals surface area (Å²) in [6.07, 6.45) is 1.85. The molecule has 0 amide bonds. The second-order valence-electron chi connectivity index (χ2n) is 8.33. The Balaban J connectivity index is 1.67. The van der Waals surface area contributed by atoms with E-state index < -0.39 is 0 Å². The van der Waals surface area contributed by atoms with E-state index in [0.717, 1.165) is 16.5 Å². The summed E-state index contributed by atoms with van der Waals surface area (Å²) in [5, 5.41) is 4.28. The Morgan fingerprint density at radius 2 is 1.56 bits per heavy atom. The molecule has 1 N–H and O–H groups in total. The molecular weight excluding hydrogens is 412 g/mol. The van der Waals surface area contributed by atoms with Gasteiger partial charge in [-0.05, 0) is 81.0 Å². The van der Waals surface area contributed by atoms with Crippen LogP contribution in [0.2, 0.25) is 0 Å². The van der Waals surface area contributed by atoms with Crippen molar-refractivity contribution in [3.63, 3.8) is 0 Å². The first-order valence-corrected chi connectivity index (χ1v) is 11.3. The molecule has 0 aliphatic carbocycles. The predicted octanol–water partition coefficient (Wildman–Crippen LogP) is 5.97. The number of nitrogens with zero attached hydrogens (tertiary/aromatic N) is 3. The molecule has 0 spiro atoms. The van der Waals surface area contributed by atoms with Crippen LogP contribution in [-0.2, 0) is 0 Å². The second kappa shape index (κ2) is 8.24. The van der Waals surface area contributed by atoms with Crippen LogP contribution in [0, 0.1) is 20.8 Å². The SMILES string of the molecule is Cc1ccc(-n2c(C)cc([C@H]3[C@H](c4ccccn4)NC(=S)N3c3ccccc3)c2C)cc1. The van der Waals surface area contributed by atoms with E-state index in [4.69, 9.17) is 12.2 Å². The quantitative estimate of drug-likeness (QED) is 0.398. The topological polar surface area (TPSA) is 33.1 Å². The van der Waals surface area contributed by atoms with Crippen molar-refractivity contribution in [2.75, 3.05) is 4.90 Å². The molecule has 1 aliphatic rings. The van der Waals surface area contributed by atoms with Gasteiger partial charge in [-0.2, -0.15) is 0 Å². The molecule has 5 heteroatoms. The normalized spacial score (nSPS) is 18.1. The Morgan fingerprint density at radius 3 is 2.25 bits per heavy atom. The Bertz CT molecular complexity index is 1250. The number of aryl methyl sites for hydroxylation is 2. The third-order valence-electron chi connectivity index (χ3n) is 6.21. The molecule has 1 fully saturated rings. The van der Waals surface area contributed by atoms with Crippen molar-refractivity contribution in [1.82, 2.24) is 14.9 Å². The van der Waals surface area contributed by atoms with Gasteiger partial charge in [0.25, 0.3) is 0 Å². The molecule has 3 heterocycles. The summed E-state index contributed by atoms with van der Waals surface area (Å²) in [5.41, 5.74) is 8.15. The maximum atomic E-state index is 5.85. The molecule has 1 saturated heterocycles. The van der Waals surface area contributed by atoms with Crippen molar-refractivity contribution < 1.29 is 0 Å². The average molecular weight is 439 g/mol. The van der Waals surface area contributed by atoms with E-state index in [-0.39, 0.29) is 12.1 Å². The van der Waals surface area contributed by atoms with Gasteiger partial charge >= 0.3 is 0 Å². The van der Waals surface area contributed by atoms with Crippen LogP contribution >= 0.6 is 12.2 Å². The zero-order valence-corrected chi connectivity index (χ0v) is 19.3. The standard InChI is InChI=1S/C27H26N4S/c1-18-12-14-22(15-13-18)30-19(2)17-23(20(30)3)26-25(24-11-7-8-16-28-24)29-27(32)31(26)21-9-5-4-6-10-21/h4-17,25-26H,1-3H3,(H,29,32)/t25-,26-/m0/s1. The largest absolute Gasteiger partial charge is 0.351 e. The van der Waals surface area contributed by atoms with Crippen LogP contribution < -0.4 is 10.2 Å². The number of pyridine rings is 1. The van der Waals surface area contributed by atoms with E-state index in [1.807, 2.05) is 24.4 Å². The maximum Gasteiger partial charge on any atom is 0.174 e. The summed E-state index contributed by atoms with van der Waals surface area (Å²) in [7, 11) is 0. The summed E-state index contributed by atoms with van der Waals surface area (Å²) in [4.78, 5) is 6.90. The Labute approximate surface area is 194 Å². The van der Waals surface area contributed by atoms with Crippen LogP contribution in [0.4, 0.5) is 5.69 Å². The van der Waals surface area contributed by atoms with Gasteiger partial charge in [0.15, 0.2) is 5.11 Å². The maximum absolute atomic E-state index is 5.85. The smallest absolute Gasteiger partial charge is 0.174 e. The van der Waals surface area contributed by atoms with E-state index in [2.05, 4.69) is 101 Å². The molecule has 2 aromatic carbocycles. The monoisotopic (exact) mass is 438 g/mol. The van der Waals surface area contributed by atoms with E-state index in [0.29, 0.717) is 0 Å². The zero-order chi connectivity index (χ0) is 22.2. The molecular formula is C27H26N4S. The molecule has 32 heavy (non-hydrogen) atoms. The van der Waals surface area contributed by atoms with E-state index in [9.17, 15) is 0 Å².